The third-order valence-corrected chi connectivity index (χ3v) is 8.63. The number of aromatic nitrogens is 3. The van der Waals surface area contributed by atoms with E-state index in [9.17, 15) is 5.11 Å². The van der Waals surface area contributed by atoms with Crippen LogP contribution in [0.15, 0.2) is 28.8 Å². The highest BCUT2D eigenvalue weighted by atomic mass is 16.5. The van der Waals surface area contributed by atoms with Crippen LogP contribution in [-0.2, 0) is 0 Å². The van der Waals surface area contributed by atoms with E-state index in [0.29, 0.717) is 23.5 Å². The zero-order valence-corrected chi connectivity index (χ0v) is 23.5. The lowest BCUT2D eigenvalue weighted by Gasteiger charge is -2.54. The van der Waals surface area contributed by atoms with E-state index >= 15 is 0 Å². The molecule has 2 N–H and O–H groups in total. The number of aryl methyl sites for hydroxylation is 2. The molecule has 1 spiro atoms. The summed E-state index contributed by atoms with van der Waals surface area (Å²) < 4.78 is 11.4. The summed E-state index contributed by atoms with van der Waals surface area (Å²) in [6, 6.07) is 8.66. The van der Waals surface area contributed by atoms with E-state index < -0.39 is 6.10 Å². The Morgan fingerprint density at radius 1 is 1.15 bits per heavy atom. The highest BCUT2D eigenvalue weighted by Crippen LogP contribution is 2.46. The fraction of sp³-hybridized carbons (Fsp3) is 0.567. The molecule has 2 aromatic heterocycles. The highest BCUT2D eigenvalue weighted by molar-refractivity contribution is 5.75. The third-order valence-electron chi connectivity index (χ3n) is 8.63. The molecule has 9 nitrogen and oxygen atoms in total. The molecule has 6 rings (SSSR count). The predicted octanol–water partition coefficient (Wildman–Crippen LogP) is 3.75. The first-order chi connectivity index (χ1) is 18.9. The number of likely N-dealkylation sites (N-methyl/N-ethyl adjacent to an activating group) is 1. The van der Waals surface area contributed by atoms with E-state index in [4.69, 9.17) is 19.2 Å². The minimum absolute atomic E-state index is 0.211. The zero-order chi connectivity index (χ0) is 27.1. The number of piperidine rings is 1. The Kier molecular flexibility index (Phi) is 7.07. The first-order valence-corrected chi connectivity index (χ1v) is 14.2. The molecule has 1 aromatic carbocycles. The van der Waals surface area contributed by atoms with E-state index in [1.54, 1.807) is 0 Å². The fourth-order valence-corrected chi connectivity index (χ4v) is 6.24. The molecule has 3 fully saturated rings. The highest BCUT2D eigenvalue weighted by Gasteiger charge is 2.49. The van der Waals surface area contributed by atoms with Crippen LogP contribution in [0.25, 0.3) is 22.6 Å². The van der Waals surface area contributed by atoms with Crippen molar-refractivity contribution in [3.63, 3.8) is 0 Å². The Hall–Kier alpha value is -3.01. The minimum atomic E-state index is -0.582. The van der Waals surface area contributed by atoms with Gasteiger partial charge in [0.1, 0.15) is 30.0 Å². The molecule has 1 unspecified atom stereocenters. The van der Waals surface area contributed by atoms with Crippen LogP contribution in [0.3, 0.4) is 0 Å². The fourth-order valence-electron chi connectivity index (χ4n) is 6.24. The molecule has 1 atom stereocenters. The average Bonchev–Trinajstić information content (AvgIpc) is 3.71. The monoisotopic (exact) mass is 532 g/mol. The summed E-state index contributed by atoms with van der Waals surface area (Å²) in [5.41, 5.74) is 5.04. The van der Waals surface area contributed by atoms with Crippen LogP contribution in [0.1, 0.15) is 42.7 Å². The smallest absolute Gasteiger partial charge is 0.162 e. The zero-order valence-electron chi connectivity index (χ0n) is 23.5. The van der Waals surface area contributed by atoms with Crippen molar-refractivity contribution in [1.29, 1.82) is 0 Å². The number of aliphatic hydroxyl groups is 1. The second kappa shape index (κ2) is 10.5. The molecule has 3 aromatic rings. The first-order valence-electron chi connectivity index (χ1n) is 14.2. The van der Waals surface area contributed by atoms with Crippen LogP contribution < -0.4 is 15.0 Å². The lowest BCUT2D eigenvalue weighted by atomic mass is 9.72. The van der Waals surface area contributed by atoms with Crippen molar-refractivity contribution in [2.24, 2.45) is 5.41 Å². The van der Waals surface area contributed by atoms with E-state index in [2.05, 4.69) is 27.2 Å². The second-order valence-corrected chi connectivity index (χ2v) is 11.7. The van der Waals surface area contributed by atoms with Crippen molar-refractivity contribution in [3.05, 3.63) is 41.3 Å². The maximum Gasteiger partial charge on any atom is 0.162 e. The molecule has 1 aliphatic carbocycles. The van der Waals surface area contributed by atoms with E-state index in [1.807, 2.05) is 45.2 Å². The van der Waals surface area contributed by atoms with E-state index in [1.165, 1.54) is 38.8 Å². The Morgan fingerprint density at radius 3 is 2.59 bits per heavy atom. The van der Waals surface area contributed by atoms with Gasteiger partial charge in [-0.05, 0) is 71.0 Å². The first kappa shape index (κ1) is 26.2. The summed E-state index contributed by atoms with van der Waals surface area (Å²) in [4.78, 5) is 15.3. The molecule has 2 saturated heterocycles. The Balaban J connectivity index is 1.30. The van der Waals surface area contributed by atoms with Gasteiger partial charge in [0.25, 0.3) is 0 Å². The topological polar surface area (TPSA) is 99.8 Å². The lowest BCUT2D eigenvalue weighted by Crippen LogP contribution is -2.61. The SMILES string of the molecule is CNCC(O)COc1cccc(-c2nc(-c3c(C)noc3C)c(C)c(N3CCC4(CC3)CN(C3CC3)C4)n2)c1. The quantitative estimate of drug-likeness (QED) is 0.427. The van der Waals surface area contributed by atoms with Gasteiger partial charge in [-0.2, -0.15) is 0 Å². The molecule has 208 valence electrons. The molecule has 9 heteroatoms. The average molecular weight is 533 g/mol. The van der Waals surface area contributed by atoms with Gasteiger partial charge in [-0.15, -0.1) is 0 Å². The van der Waals surface area contributed by atoms with E-state index in [0.717, 1.165) is 58.8 Å². The van der Waals surface area contributed by atoms with Gasteiger partial charge in [0.05, 0.1) is 17.0 Å². The van der Waals surface area contributed by atoms with Gasteiger partial charge in [-0.25, -0.2) is 9.97 Å². The molecule has 0 amide bonds. The van der Waals surface area contributed by atoms with Crippen molar-refractivity contribution >= 4 is 5.82 Å². The largest absolute Gasteiger partial charge is 0.491 e. The van der Waals surface area contributed by atoms with Crippen molar-refractivity contribution in [3.8, 4) is 28.4 Å². The number of ether oxygens (including phenoxy) is 1. The summed E-state index contributed by atoms with van der Waals surface area (Å²) in [7, 11) is 1.81. The number of hydrogen-bond acceptors (Lipinski definition) is 9. The van der Waals surface area contributed by atoms with Crippen molar-refractivity contribution in [2.75, 3.05) is 51.3 Å². The number of aliphatic hydroxyl groups excluding tert-OH is 1. The van der Waals surface area contributed by atoms with E-state index in [-0.39, 0.29) is 6.61 Å². The Labute approximate surface area is 230 Å². The van der Waals surface area contributed by atoms with Gasteiger partial charge in [-0.3, -0.25) is 4.90 Å². The van der Waals surface area contributed by atoms with Crippen molar-refractivity contribution < 1.29 is 14.4 Å². The van der Waals surface area contributed by atoms with Gasteiger partial charge in [0.2, 0.25) is 0 Å². The Bertz CT molecular complexity index is 1300. The molecule has 2 aliphatic heterocycles. The summed E-state index contributed by atoms with van der Waals surface area (Å²) in [5, 5.41) is 17.2. The van der Waals surface area contributed by atoms with Crippen LogP contribution in [-0.4, -0.2) is 83.7 Å². The normalized spacial score (nSPS) is 19.8. The molecular weight excluding hydrogens is 492 g/mol. The number of nitrogens with zero attached hydrogens (tertiary/aromatic N) is 5. The van der Waals surface area contributed by atoms with Crippen LogP contribution >= 0.6 is 0 Å². The molecule has 3 aliphatic rings. The maximum atomic E-state index is 10.1. The van der Waals surface area contributed by atoms with Gasteiger partial charge >= 0.3 is 0 Å². The van der Waals surface area contributed by atoms with Crippen molar-refractivity contribution in [2.45, 2.75) is 58.6 Å². The third kappa shape index (κ3) is 5.27. The van der Waals surface area contributed by atoms with Gasteiger partial charge in [0.15, 0.2) is 5.82 Å². The van der Waals surface area contributed by atoms with Crippen LogP contribution in [0.2, 0.25) is 0 Å². The predicted molar refractivity (Wildman–Crippen MR) is 151 cm³/mol. The number of anilines is 1. The van der Waals surface area contributed by atoms with Crippen LogP contribution in [0.4, 0.5) is 5.82 Å². The second-order valence-electron chi connectivity index (χ2n) is 11.7. The number of hydrogen-bond donors (Lipinski definition) is 2. The standard InChI is InChI=1S/C30H40N6O3/c1-19-27(26-20(2)34-39-21(26)3)32-28(22-6-5-7-25(14-22)38-16-24(37)15-31-4)33-29(19)35-12-10-30(11-13-35)17-36(18-30)23-8-9-23/h5-7,14,23-24,31,37H,8-13,15-18H2,1-4H3. The van der Waals surface area contributed by atoms with Gasteiger partial charge in [0, 0.05) is 49.9 Å². The van der Waals surface area contributed by atoms with Crippen LogP contribution in [0.5, 0.6) is 5.75 Å². The molecule has 1 saturated carbocycles. The number of benzene rings is 1. The summed E-state index contributed by atoms with van der Waals surface area (Å²) in [6.07, 6.45) is 4.60. The summed E-state index contributed by atoms with van der Waals surface area (Å²) in [5.74, 6) is 3.07. The molecular formula is C30H40N6O3. The molecule has 4 heterocycles. The number of rotatable bonds is 9. The number of likely N-dealkylation sites (tertiary alicyclic amines) is 1. The van der Waals surface area contributed by atoms with Gasteiger partial charge in [-0.1, -0.05) is 17.3 Å². The molecule has 0 radical (unpaired) electrons. The number of nitrogens with one attached hydrogen (secondary N) is 1. The lowest BCUT2D eigenvalue weighted by molar-refractivity contribution is -0.0242. The summed E-state index contributed by atoms with van der Waals surface area (Å²) in [6.45, 7) is 11.2. The molecule has 0 bridgehead atoms. The minimum Gasteiger partial charge on any atom is -0.491 e. The molecule has 39 heavy (non-hydrogen) atoms. The van der Waals surface area contributed by atoms with Crippen molar-refractivity contribution in [1.82, 2.24) is 25.3 Å². The maximum absolute atomic E-state index is 10.1. The van der Waals surface area contributed by atoms with Crippen LogP contribution in [0, 0.1) is 26.2 Å². The Morgan fingerprint density at radius 2 is 1.92 bits per heavy atom. The van der Waals surface area contributed by atoms with Gasteiger partial charge < -0.3 is 24.6 Å². The summed E-state index contributed by atoms with van der Waals surface area (Å²) >= 11 is 0.